The van der Waals surface area contributed by atoms with Crippen molar-refractivity contribution in [2.45, 2.75) is 51.2 Å². The fourth-order valence-corrected chi connectivity index (χ4v) is 3.78. The molecule has 2 fully saturated rings. The topological polar surface area (TPSA) is 52.6 Å². The molecule has 0 saturated heterocycles. The molecule has 2 aliphatic rings. The molecule has 0 aromatic carbocycles. The van der Waals surface area contributed by atoms with Gasteiger partial charge in [-0.3, -0.25) is 9.89 Å². The molecule has 160 valence electrons. The highest BCUT2D eigenvalue weighted by molar-refractivity contribution is 14.0. The van der Waals surface area contributed by atoms with Crippen molar-refractivity contribution in [2.75, 3.05) is 32.7 Å². The Balaban J connectivity index is 0.00000280. The van der Waals surface area contributed by atoms with Gasteiger partial charge in [0.2, 0.25) is 0 Å². The van der Waals surface area contributed by atoms with E-state index in [1.54, 1.807) is 0 Å². The minimum absolute atomic E-state index is 0. The van der Waals surface area contributed by atoms with Gasteiger partial charge >= 0.3 is 6.18 Å². The number of nitrogens with zero attached hydrogens (tertiary/aromatic N) is 3. The molecule has 1 aromatic rings. The van der Waals surface area contributed by atoms with Gasteiger partial charge in [-0.2, -0.15) is 13.2 Å². The fourth-order valence-electron chi connectivity index (χ4n) is 2.97. The normalized spacial score (nSPS) is 17.5. The average molecular weight is 531 g/mol. The average Bonchev–Trinajstić information content (AvgIpc) is 3.52. The Bertz CT molecular complexity index is 629. The van der Waals surface area contributed by atoms with Crippen LogP contribution in [0, 0.1) is 5.92 Å². The first kappa shape index (κ1) is 23.7. The Morgan fingerprint density at radius 2 is 2.04 bits per heavy atom. The molecule has 10 heteroatoms. The van der Waals surface area contributed by atoms with Gasteiger partial charge in [0.15, 0.2) is 11.7 Å². The minimum atomic E-state index is -4.37. The highest BCUT2D eigenvalue weighted by Gasteiger charge is 2.34. The van der Waals surface area contributed by atoms with Crippen molar-refractivity contribution >= 4 is 41.3 Å². The van der Waals surface area contributed by atoms with Gasteiger partial charge in [-0.05, 0) is 38.5 Å². The monoisotopic (exact) mass is 531 g/mol. The molecule has 0 atom stereocenters. The summed E-state index contributed by atoms with van der Waals surface area (Å²) in [6, 6.07) is 0.754. The predicted molar refractivity (Wildman–Crippen MR) is 118 cm³/mol. The number of aliphatic imine (C=N–C) groups is 1. The minimum Gasteiger partial charge on any atom is -0.357 e. The summed E-state index contributed by atoms with van der Waals surface area (Å²) in [6.45, 7) is 6.15. The van der Waals surface area contributed by atoms with Gasteiger partial charge in [0.05, 0.1) is 11.6 Å². The number of hydrogen-bond acceptors (Lipinski definition) is 4. The third-order valence-electron chi connectivity index (χ3n) is 4.73. The number of nitrogens with one attached hydrogen (secondary N) is 2. The summed E-state index contributed by atoms with van der Waals surface area (Å²) in [5.74, 6) is 1.60. The van der Waals surface area contributed by atoms with E-state index in [4.69, 9.17) is 0 Å². The Morgan fingerprint density at radius 1 is 1.29 bits per heavy atom. The van der Waals surface area contributed by atoms with Crippen LogP contribution in [0.4, 0.5) is 13.2 Å². The van der Waals surface area contributed by atoms with Crippen LogP contribution in [0.5, 0.6) is 0 Å². The van der Waals surface area contributed by atoms with Gasteiger partial charge in [0.25, 0.3) is 0 Å². The van der Waals surface area contributed by atoms with Crippen LogP contribution in [0.25, 0.3) is 0 Å². The zero-order chi connectivity index (χ0) is 19.3. The molecule has 2 aliphatic carbocycles. The van der Waals surface area contributed by atoms with Crippen LogP contribution in [0.2, 0.25) is 0 Å². The molecule has 2 saturated carbocycles. The summed E-state index contributed by atoms with van der Waals surface area (Å²) < 4.78 is 37.8. The van der Waals surface area contributed by atoms with Crippen LogP contribution in [0.3, 0.4) is 0 Å². The second-order valence-corrected chi connectivity index (χ2v) is 8.17. The molecule has 0 aliphatic heterocycles. The van der Waals surface area contributed by atoms with E-state index < -0.39 is 11.9 Å². The largest absolute Gasteiger partial charge is 0.434 e. The molecule has 5 nitrogen and oxygen atoms in total. The number of alkyl halides is 3. The van der Waals surface area contributed by atoms with Crippen molar-refractivity contribution in [2.24, 2.45) is 10.9 Å². The maximum absolute atomic E-state index is 12.6. The lowest BCUT2D eigenvalue weighted by Gasteiger charge is -2.21. The highest BCUT2D eigenvalue weighted by atomic mass is 127. The van der Waals surface area contributed by atoms with Crippen molar-refractivity contribution < 1.29 is 13.2 Å². The Kier molecular flexibility index (Phi) is 9.26. The van der Waals surface area contributed by atoms with Crippen molar-refractivity contribution in [3.8, 4) is 0 Å². The van der Waals surface area contributed by atoms with Gasteiger partial charge in [0.1, 0.15) is 0 Å². The number of aromatic nitrogens is 1. The number of hydrogen-bond donors (Lipinski definition) is 2. The molecular formula is C18H29F3IN5S. The first-order valence-corrected chi connectivity index (χ1v) is 10.6. The van der Waals surface area contributed by atoms with Crippen molar-refractivity contribution in [3.05, 3.63) is 16.1 Å². The third kappa shape index (κ3) is 8.02. The molecule has 2 N–H and O–H groups in total. The van der Waals surface area contributed by atoms with Crippen LogP contribution in [0.15, 0.2) is 10.4 Å². The molecule has 0 radical (unpaired) electrons. The van der Waals surface area contributed by atoms with E-state index in [2.05, 4.69) is 25.5 Å². The van der Waals surface area contributed by atoms with Crippen molar-refractivity contribution in [3.63, 3.8) is 0 Å². The molecule has 0 unspecified atom stereocenters. The third-order valence-corrected chi connectivity index (χ3v) is 5.64. The summed E-state index contributed by atoms with van der Waals surface area (Å²) in [5.41, 5.74) is -0.807. The van der Waals surface area contributed by atoms with Crippen LogP contribution in [0.1, 0.15) is 43.3 Å². The van der Waals surface area contributed by atoms with Crippen LogP contribution in [-0.2, 0) is 12.6 Å². The lowest BCUT2D eigenvalue weighted by molar-refractivity contribution is -0.140. The Labute approximate surface area is 185 Å². The molecule has 0 amide bonds. The highest BCUT2D eigenvalue weighted by Crippen LogP contribution is 2.34. The fraction of sp³-hybridized carbons (Fsp3) is 0.778. The summed E-state index contributed by atoms with van der Waals surface area (Å²) >= 11 is 1.05. The van der Waals surface area contributed by atoms with Gasteiger partial charge in [0, 0.05) is 44.0 Å². The zero-order valence-corrected chi connectivity index (χ0v) is 19.2. The van der Waals surface area contributed by atoms with E-state index >= 15 is 0 Å². The molecule has 28 heavy (non-hydrogen) atoms. The number of thiazole rings is 1. The summed E-state index contributed by atoms with van der Waals surface area (Å²) in [6.07, 6.45) is 1.42. The molecule has 1 heterocycles. The first-order chi connectivity index (χ1) is 13.0. The number of guanidine groups is 1. The van der Waals surface area contributed by atoms with E-state index in [0.717, 1.165) is 48.3 Å². The molecule has 1 aromatic heterocycles. The lowest BCUT2D eigenvalue weighted by Crippen LogP contribution is -2.39. The number of halogens is 4. The van der Waals surface area contributed by atoms with E-state index in [1.165, 1.54) is 32.2 Å². The summed E-state index contributed by atoms with van der Waals surface area (Å²) in [5, 5.41) is 7.94. The maximum Gasteiger partial charge on any atom is 0.434 e. The SMILES string of the molecule is CCNC(=NCCN(CC1CC1)C1CC1)NCCc1nc(C(F)(F)F)cs1.I. The summed E-state index contributed by atoms with van der Waals surface area (Å²) in [7, 11) is 0. The standard InChI is InChI=1S/C18H28F3N5S.HI/c1-2-22-17(23-8-7-16-25-15(12-27-16)18(19,20)21)24-9-10-26(14-5-6-14)11-13-3-4-13;/h12-14H,2-11H2,1H3,(H2,22,23,24);1H. The van der Waals surface area contributed by atoms with Gasteiger partial charge in [-0.1, -0.05) is 0 Å². The van der Waals surface area contributed by atoms with Gasteiger partial charge in [-0.15, -0.1) is 35.3 Å². The van der Waals surface area contributed by atoms with Gasteiger partial charge in [-0.25, -0.2) is 4.98 Å². The van der Waals surface area contributed by atoms with Crippen molar-refractivity contribution in [1.82, 2.24) is 20.5 Å². The predicted octanol–water partition coefficient (Wildman–Crippen LogP) is 3.75. The van der Waals surface area contributed by atoms with Crippen molar-refractivity contribution in [1.29, 1.82) is 0 Å². The lowest BCUT2D eigenvalue weighted by atomic mass is 10.3. The van der Waals surface area contributed by atoms with E-state index in [0.29, 0.717) is 23.9 Å². The molecular weight excluding hydrogens is 502 g/mol. The second-order valence-electron chi connectivity index (χ2n) is 7.23. The van der Waals surface area contributed by atoms with E-state index in [9.17, 15) is 13.2 Å². The second kappa shape index (κ2) is 11.0. The Morgan fingerprint density at radius 3 is 2.61 bits per heavy atom. The van der Waals surface area contributed by atoms with E-state index in [1.807, 2.05) is 6.92 Å². The quantitative estimate of drug-likeness (QED) is 0.275. The van der Waals surface area contributed by atoms with Gasteiger partial charge < -0.3 is 10.6 Å². The Hall–Kier alpha value is -0.620. The van der Waals surface area contributed by atoms with Crippen LogP contribution in [-0.4, -0.2) is 54.6 Å². The molecule has 0 spiro atoms. The summed E-state index contributed by atoms with van der Waals surface area (Å²) in [4.78, 5) is 10.8. The number of rotatable bonds is 10. The van der Waals surface area contributed by atoms with Crippen LogP contribution >= 0.6 is 35.3 Å². The van der Waals surface area contributed by atoms with E-state index in [-0.39, 0.29) is 24.0 Å². The molecule has 3 rings (SSSR count). The van der Waals surface area contributed by atoms with Crippen LogP contribution < -0.4 is 10.6 Å². The zero-order valence-electron chi connectivity index (χ0n) is 16.1. The first-order valence-electron chi connectivity index (χ1n) is 9.73. The maximum atomic E-state index is 12.6. The molecule has 0 bridgehead atoms. The smallest absolute Gasteiger partial charge is 0.357 e.